The standard InChI is InChI=1S/C21H13.C7H7.C6H4Cl.C5H5.CH2.2ClH.Zr/c1-2-8-15-14(7-1)13-20-18-11-4-3-9-16(18)17-10-5-6-12-19(17)21(15)20;1-7-5-3-2-4-6-7;7-6-4-2-1-3-5-6;1-2-4-5-3-1;;;;/h1-10,12H,13H2;3-6H,1H3;1-2,4-5H;1-3H,4H2;1H2;2*1H;/q4*-1;;;;. The van der Waals surface area contributed by atoms with Crippen LogP contribution in [0.2, 0.25) is 5.02 Å². The molecule has 0 amide bonds. The third-order valence-electron chi connectivity index (χ3n) is 6.74. The Labute approximate surface area is 294 Å². The molecular weight excluding hydrogens is 678 g/mol. The minimum absolute atomic E-state index is 0. The van der Waals surface area contributed by atoms with Gasteiger partial charge in [0, 0.05) is 0 Å². The Balaban J connectivity index is 0.000000243. The van der Waals surface area contributed by atoms with Gasteiger partial charge in [0.2, 0.25) is 0 Å². The second kappa shape index (κ2) is 20.1. The van der Waals surface area contributed by atoms with Crippen LogP contribution < -0.4 is 0 Å². The summed E-state index contributed by atoms with van der Waals surface area (Å²) in [6.07, 6.45) is 11.0. The fourth-order valence-electron chi connectivity index (χ4n) is 4.91. The Morgan fingerprint density at radius 2 is 1.41 bits per heavy atom. The molecule has 0 bridgehead atoms. The van der Waals surface area contributed by atoms with Crippen LogP contribution >= 0.6 is 36.4 Å². The van der Waals surface area contributed by atoms with E-state index >= 15 is 0 Å². The molecule has 0 fully saturated rings. The van der Waals surface area contributed by atoms with Gasteiger partial charge in [0.1, 0.15) is 0 Å². The molecule has 0 nitrogen and oxygen atoms in total. The van der Waals surface area contributed by atoms with Gasteiger partial charge in [-0.3, -0.25) is 6.08 Å². The van der Waals surface area contributed by atoms with Crippen LogP contribution in [0.5, 0.6) is 0 Å². The predicted octanol–water partition coefficient (Wildman–Crippen LogP) is 11.4. The van der Waals surface area contributed by atoms with Gasteiger partial charge in [-0.25, -0.2) is 12.2 Å². The molecule has 4 heteroatoms. The van der Waals surface area contributed by atoms with E-state index in [2.05, 4.69) is 102 Å². The van der Waals surface area contributed by atoms with Gasteiger partial charge >= 0.3 is 28.4 Å². The summed E-state index contributed by atoms with van der Waals surface area (Å²) in [7, 11) is 0. The van der Waals surface area contributed by atoms with Crippen LogP contribution in [0.1, 0.15) is 23.1 Å². The van der Waals surface area contributed by atoms with Crippen LogP contribution in [0.3, 0.4) is 0 Å². The van der Waals surface area contributed by atoms with E-state index in [0.717, 1.165) is 17.9 Å². The van der Waals surface area contributed by atoms with Gasteiger partial charge in [0.05, 0.1) is 0 Å². The van der Waals surface area contributed by atoms with E-state index in [-0.39, 0.29) is 24.8 Å². The first-order valence-corrected chi connectivity index (χ1v) is 15.9. The molecule has 0 N–H and O–H groups in total. The molecule has 0 unspecified atom stereocenters. The molecule has 0 heterocycles. The van der Waals surface area contributed by atoms with Crippen LogP contribution in [0.4, 0.5) is 0 Å². The minimum Gasteiger partial charge on any atom is -0.147 e. The molecule has 2 aliphatic rings. The topological polar surface area (TPSA) is 0 Å². The largest absolute Gasteiger partial charge is 0.147 e. The molecule has 0 aliphatic heterocycles. The van der Waals surface area contributed by atoms with E-state index in [0.29, 0.717) is 0 Å². The summed E-state index contributed by atoms with van der Waals surface area (Å²) in [6.45, 7) is 2.06. The molecule has 6 aromatic rings. The maximum atomic E-state index is 5.51. The van der Waals surface area contributed by atoms with Crippen molar-refractivity contribution in [2.45, 2.75) is 19.8 Å². The molecule has 2 aliphatic carbocycles. The molecule has 222 valence electrons. The van der Waals surface area contributed by atoms with Crippen LogP contribution in [0.15, 0.2) is 133 Å². The number of hydrogen-bond donors (Lipinski definition) is 0. The molecule has 6 aromatic carbocycles. The Morgan fingerprint density at radius 1 is 0.727 bits per heavy atom. The SMILES string of the molecule is Cc1cc[c-]cc1.Cl.Cl.Clc1c[c-]ccc1.[C-]1=CC=CC1.[CH2]=[Zr].[c-]1cccc2c1c1c(c3ccccc32)-c2ccccc2C1. The average Bonchev–Trinajstić information content (AvgIpc) is 3.76. The Morgan fingerprint density at radius 3 is 1.98 bits per heavy atom. The number of allylic oxidation sites excluding steroid dienone is 4. The van der Waals surface area contributed by atoms with E-state index in [9.17, 15) is 0 Å². The van der Waals surface area contributed by atoms with Crippen LogP contribution in [0, 0.1) is 31.2 Å². The summed E-state index contributed by atoms with van der Waals surface area (Å²) in [5.41, 5.74) is 6.96. The summed E-state index contributed by atoms with van der Waals surface area (Å²) in [4.78, 5) is 0. The van der Waals surface area contributed by atoms with Gasteiger partial charge in [0.25, 0.3) is 0 Å². The summed E-state index contributed by atoms with van der Waals surface area (Å²) >= 11 is 6.81. The zero-order valence-corrected chi connectivity index (χ0v) is 29.4. The maximum Gasteiger partial charge on any atom is -0.0240 e. The van der Waals surface area contributed by atoms with Gasteiger partial charge in [0.15, 0.2) is 0 Å². The Bertz CT molecular complexity index is 1730. The summed E-state index contributed by atoms with van der Waals surface area (Å²) in [6, 6.07) is 48.2. The normalized spacial score (nSPS) is 10.8. The van der Waals surface area contributed by atoms with E-state index in [1.165, 1.54) is 73.6 Å². The summed E-state index contributed by atoms with van der Waals surface area (Å²) in [5, 5.41) is 6.04. The van der Waals surface area contributed by atoms with Gasteiger partial charge in [-0.15, -0.1) is 71.8 Å². The van der Waals surface area contributed by atoms with Gasteiger partial charge in [-0.1, -0.05) is 65.9 Å². The zero-order valence-electron chi connectivity index (χ0n) is 24.5. The van der Waals surface area contributed by atoms with Crippen molar-refractivity contribution in [3.8, 4) is 11.1 Å². The van der Waals surface area contributed by atoms with E-state index in [1.807, 2.05) is 60.7 Å². The Hall–Kier alpha value is -3.06. The van der Waals surface area contributed by atoms with Crippen molar-refractivity contribution in [2.75, 3.05) is 0 Å². The first-order valence-electron chi connectivity index (χ1n) is 13.8. The molecule has 0 radical (unpaired) electrons. The molecule has 0 saturated carbocycles. The van der Waals surface area contributed by atoms with E-state index in [4.69, 9.17) is 11.6 Å². The van der Waals surface area contributed by atoms with Gasteiger partial charge < -0.3 is 0 Å². The molecular formula is C40H33Cl3Zr-4. The van der Waals surface area contributed by atoms with Crippen molar-refractivity contribution in [2.24, 2.45) is 0 Å². The fourth-order valence-corrected chi connectivity index (χ4v) is 5.05. The first kappa shape index (κ1) is 37.1. The number of benzene rings is 6. The van der Waals surface area contributed by atoms with E-state index in [1.54, 1.807) is 6.07 Å². The third-order valence-corrected chi connectivity index (χ3v) is 6.98. The predicted molar refractivity (Wildman–Crippen MR) is 192 cm³/mol. The van der Waals surface area contributed by atoms with Crippen molar-refractivity contribution in [3.05, 3.63) is 179 Å². The van der Waals surface area contributed by atoms with Crippen LogP contribution in [0.25, 0.3) is 32.7 Å². The quantitative estimate of drug-likeness (QED) is 0.109. The summed E-state index contributed by atoms with van der Waals surface area (Å²) < 4.78 is 3.34. The number of fused-ring (bicyclic) bond motifs is 8. The maximum absolute atomic E-state index is 5.51. The second-order valence-corrected chi connectivity index (χ2v) is 9.93. The minimum atomic E-state index is 0. The van der Waals surface area contributed by atoms with Crippen molar-refractivity contribution in [1.29, 1.82) is 0 Å². The zero-order chi connectivity index (χ0) is 29.6. The van der Waals surface area contributed by atoms with Crippen LogP contribution in [-0.4, -0.2) is 4.21 Å². The molecule has 0 saturated heterocycles. The van der Waals surface area contributed by atoms with Crippen molar-refractivity contribution >= 4 is 62.2 Å². The smallest absolute Gasteiger partial charge is 0.0240 e. The second-order valence-electron chi connectivity index (χ2n) is 9.49. The number of aryl methyl sites for hydroxylation is 1. The monoisotopic (exact) mass is 708 g/mol. The van der Waals surface area contributed by atoms with Gasteiger partial charge in [-0.2, -0.15) is 83.9 Å². The number of halogens is 3. The molecule has 0 spiro atoms. The molecule has 0 aromatic heterocycles. The van der Waals surface area contributed by atoms with Gasteiger partial charge in [-0.05, 0) is 28.5 Å². The Kier molecular flexibility index (Phi) is 16.9. The van der Waals surface area contributed by atoms with Crippen molar-refractivity contribution in [1.82, 2.24) is 0 Å². The average molecular weight is 711 g/mol. The third kappa shape index (κ3) is 9.98. The van der Waals surface area contributed by atoms with Crippen molar-refractivity contribution < 1.29 is 24.2 Å². The molecule has 0 atom stereocenters. The molecule has 8 rings (SSSR count). The fraction of sp³-hybridized carbons (Fsp3) is 0.0750. The van der Waals surface area contributed by atoms with Crippen molar-refractivity contribution in [3.63, 3.8) is 0 Å². The van der Waals surface area contributed by atoms with E-state index < -0.39 is 0 Å². The number of rotatable bonds is 0. The van der Waals surface area contributed by atoms with Crippen LogP contribution in [-0.2, 0) is 30.7 Å². The molecule has 44 heavy (non-hydrogen) atoms. The summed E-state index contributed by atoms with van der Waals surface area (Å²) in [5.74, 6) is 0. The first-order chi connectivity index (χ1) is 20.7. The number of hydrogen-bond acceptors (Lipinski definition) is 0.